The van der Waals surface area contributed by atoms with Crippen molar-refractivity contribution in [3.63, 3.8) is 0 Å². The van der Waals surface area contributed by atoms with Crippen LogP contribution >= 0.6 is 0 Å². The highest BCUT2D eigenvalue weighted by Crippen LogP contribution is 2.18. The second kappa shape index (κ2) is 16.1. The first-order chi connectivity index (χ1) is 19.3. The van der Waals surface area contributed by atoms with Crippen LogP contribution in [0.5, 0.6) is 0 Å². The van der Waals surface area contributed by atoms with Crippen LogP contribution in [-0.2, 0) is 30.6 Å². The normalized spacial score (nSPS) is 12.7. The Morgan fingerprint density at radius 2 is 1.50 bits per heavy atom. The lowest BCUT2D eigenvalue weighted by atomic mass is 9.99. The molecule has 0 aliphatic carbocycles. The average molecular weight is 552 g/mol. The van der Waals surface area contributed by atoms with E-state index in [1.165, 1.54) is 17.7 Å². The van der Waals surface area contributed by atoms with Crippen LogP contribution in [-0.4, -0.2) is 47.7 Å². The van der Waals surface area contributed by atoms with E-state index in [-0.39, 0.29) is 25.3 Å². The molecule has 0 bridgehead atoms. The third-order valence-corrected chi connectivity index (χ3v) is 6.90. The van der Waals surface area contributed by atoms with Gasteiger partial charge in [0.15, 0.2) is 0 Å². The summed E-state index contributed by atoms with van der Waals surface area (Å²) < 4.78 is 27.9. The van der Waals surface area contributed by atoms with Gasteiger partial charge in [-0.1, -0.05) is 57.2 Å². The van der Waals surface area contributed by atoms with Gasteiger partial charge in [0.05, 0.1) is 18.6 Å². The molecule has 0 aliphatic rings. The lowest BCUT2D eigenvalue weighted by Gasteiger charge is -2.26. The molecule has 5 nitrogen and oxygen atoms in total. The number of hydrogen-bond donors (Lipinski definition) is 3. The number of hydrogen-bond acceptors (Lipinski definition) is 4. The summed E-state index contributed by atoms with van der Waals surface area (Å²) in [6, 6.07) is 18.8. The number of aryl methyl sites for hydroxylation is 1. The molecule has 0 saturated carbocycles. The number of nitrogens with zero attached hydrogens (tertiary/aromatic N) is 1. The predicted molar refractivity (Wildman–Crippen MR) is 158 cm³/mol. The zero-order chi connectivity index (χ0) is 28.9. The third-order valence-electron chi connectivity index (χ3n) is 6.90. The maximum atomic E-state index is 13.9. The van der Waals surface area contributed by atoms with E-state index in [1.807, 2.05) is 41.3 Å². The van der Waals surface area contributed by atoms with E-state index in [1.54, 1.807) is 0 Å². The molecule has 40 heavy (non-hydrogen) atoms. The van der Waals surface area contributed by atoms with Crippen molar-refractivity contribution in [3.8, 4) is 0 Å². The van der Waals surface area contributed by atoms with Crippen molar-refractivity contribution in [1.82, 2.24) is 10.2 Å². The topological polar surface area (TPSA) is 64.6 Å². The molecule has 3 aromatic rings. The van der Waals surface area contributed by atoms with Gasteiger partial charge >= 0.3 is 0 Å². The Labute approximate surface area is 237 Å². The van der Waals surface area contributed by atoms with Gasteiger partial charge in [0.1, 0.15) is 11.6 Å². The summed E-state index contributed by atoms with van der Waals surface area (Å²) in [5.41, 5.74) is 4.43. The Balaban J connectivity index is 1.73. The maximum Gasteiger partial charge on any atom is 0.226 e. The molecule has 0 aliphatic heterocycles. The van der Waals surface area contributed by atoms with E-state index in [0.717, 1.165) is 55.2 Å². The first kappa shape index (κ1) is 31.2. The fourth-order valence-corrected chi connectivity index (χ4v) is 4.90. The van der Waals surface area contributed by atoms with Gasteiger partial charge in [-0.05, 0) is 72.2 Å². The van der Waals surface area contributed by atoms with Crippen molar-refractivity contribution >= 4 is 11.6 Å². The quantitative estimate of drug-likeness (QED) is 0.208. The fraction of sp³-hybridized carbons (Fsp3) is 0.424. The van der Waals surface area contributed by atoms with E-state index in [4.69, 9.17) is 0 Å². The predicted octanol–water partition coefficient (Wildman–Crippen LogP) is 5.89. The number of aliphatic hydroxyl groups is 1. The Morgan fingerprint density at radius 1 is 0.850 bits per heavy atom. The van der Waals surface area contributed by atoms with Crippen molar-refractivity contribution in [2.24, 2.45) is 0 Å². The molecule has 0 aromatic heterocycles. The van der Waals surface area contributed by atoms with Crippen molar-refractivity contribution in [1.29, 1.82) is 0 Å². The number of carbonyl (C=O) groups excluding carboxylic acids is 1. The van der Waals surface area contributed by atoms with Crippen molar-refractivity contribution in [2.45, 2.75) is 71.6 Å². The van der Waals surface area contributed by atoms with Crippen molar-refractivity contribution < 1.29 is 18.7 Å². The van der Waals surface area contributed by atoms with Gasteiger partial charge in [0, 0.05) is 37.9 Å². The summed E-state index contributed by atoms with van der Waals surface area (Å²) >= 11 is 0. The SMILES string of the molecule is CCCN(CCC)C(=O)Cc1cccc(NC(Cc2cc(F)cc(F)c2)C(O)CNCc2cccc(CC)c2)c1. The minimum absolute atomic E-state index is 0.0870. The summed E-state index contributed by atoms with van der Waals surface area (Å²) in [6.45, 7) is 8.58. The van der Waals surface area contributed by atoms with Crippen LogP contribution in [0.1, 0.15) is 55.9 Å². The van der Waals surface area contributed by atoms with Crippen LogP contribution in [0.4, 0.5) is 14.5 Å². The second-order valence-corrected chi connectivity index (χ2v) is 10.4. The third kappa shape index (κ3) is 10.0. The van der Waals surface area contributed by atoms with E-state index in [2.05, 4.69) is 43.5 Å². The Morgan fingerprint density at radius 3 is 2.17 bits per heavy atom. The monoisotopic (exact) mass is 551 g/mol. The highest BCUT2D eigenvalue weighted by molar-refractivity contribution is 5.79. The summed E-state index contributed by atoms with van der Waals surface area (Å²) in [5.74, 6) is -1.22. The van der Waals surface area contributed by atoms with Crippen LogP contribution < -0.4 is 10.6 Å². The molecular weight excluding hydrogens is 508 g/mol. The van der Waals surface area contributed by atoms with Gasteiger partial charge in [-0.2, -0.15) is 0 Å². The molecule has 216 valence electrons. The van der Waals surface area contributed by atoms with Crippen LogP contribution in [0.15, 0.2) is 66.7 Å². The van der Waals surface area contributed by atoms with Gasteiger partial charge in [-0.25, -0.2) is 8.78 Å². The van der Waals surface area contributed by atoms with Crippen LogP contribution in [0.25, 0.3) is 0 Å². The molecule has 3 aromatic carbocycles. The van der Waals surface area contributed by atoms with E-state index in [0.29, 0.717) is 12.1 Å². The van der Waals surface area contributed by atoms with Gasteiger partial charge in [-0.3, -0.25) is 4.79 Å². The van der Waals surface area contributed by atoms with E-state index in [9.17, 15) is 18.7 Å². The lowest BCUT2D eigenvalue weighted by molar-refractivity contribution is -0.130. The average Bonchev–Trinajstić information content (AvgIpc) is 2.92. The number of benzene rings is 3. The molecular formula is C33H43F2N3O2. The smallest absolute Gasteiger partial charge is 0.226 e. The van der Waals surface area contributed by atoms with E-state index < -0.39 is 23.8 Å². The molecule has 2 unspecified atom stereocenters. The van der Waals surface area contributed by atoms with Crippen LogP contribution in [0.3, 0.4) is 0 Å². The summed E-state index contributed by atoms with van der Waals surface area (Å²) in [6.07, 6.45) is 2.42. The molecule has 7 heteroatoms. The molecule has 0 heterocycles. The van der Waals surface area contributed by atoms with Gasteiger partial charge in [-0.15, -0.1) is 0 Å². The molecule has 0 radical (unpaired) electrons. The Kier molecular flexibility index (Phi) is 12.6. The number of halogens is 2. The molecule has 3 N–H and O–H groups in total. The van der Waals surface area contributed by atoms with Crippen molar-refractivity contribution in [3.05, 3.63) is 101 Å². The lowest BCUT2D eigenvalue weighted by Crippen LogP contribution is -2.42. The summed E-state index contributed by atoms with van der Waals surface area (Å²) in [5, 5.41) is 17.9. The Hall–Kier alpha value is -3.29. The molecule has 2 atom stereocenters. The van der Waals surface area contributed by atoms with Crippen molar-refractivity contribution in [2.75, 3.05) is 25.0 Å². The standard InChI is InChI=1S/C33H43F2N3O2/c1-4-13-38(14-5-2)33(40)20-25-10-8-12-30(18-25)37-31(19-27-16-28(34)21-29(35)17-27)32(39)23-36-22-26-11-7-9-24(6-3)15-26/h7-12,15-18,21,31-32,36-37,39H,4-6,13-14,19-20,22-23H2,1-3H3. The highest BCUT2D eigenvalue weighted by Gasteiger charge is 2.21. The van der Waals surface area contributed by atoms with Gasteiger partial charge in [0.2, 0.25) is 5.91 Å². The number of anilines is 1. The molecule has 0 saturated heterocycles. The minimum Gasteiger partial charge on any atom is -0.390 e. The first-order valence-corrected chi connectivity index (χ1v) is 14.4. The minimum atomic E-state index is -0.851. The largest absolute Gasteiger partial charge is 0.390 e. The Bertz CT molecular complexity index is 1190. The fourth-order valence-electron chi connectivity index (χ4n) is 4.90. The van der Waals surface area contributed by atoms with Crippen LogP contribution in [0, 0.1) is 11.6 Å². The number of amides is 1. The molecule has 0 fully saturated rings. The zero-order valence-electron chi connectivity index (χ0n) is 23.9. The number of nitrogens with one attached hydrogen (secondary N) is 2. The number of rotatable bonds is 16. The number of carbonyl (C=O) groups is 1. The second-order valence-electron chi connectivity index (χ2n) is 10.4. The van der Waals surface area contributed by atoms with Gasteiger partial charge < -0.3 is 20.6 Å². The summed E-state index contributed by atoms with van der Waals surface area (Å²) in [4.78, 5) is 14.8. The highest BCUT2D eigenvalue weighted by atomic mass is 19.1. The molecule has 0 spiro atoms. The van der Waals surface area contributed by atoms with Crippen LogP contribution in [0.2, 0.25) is 0 Å². The first-order valence-electron chi connectivity index (χ1n) is 14.4. The van der Waals surface area contributed by atoms with Gasteiger partial charge in [0.25, 0.3) is 0 Å². The number of aliphatic hydroxyl groups excluding tert-OH is 1. The molecule has 3 rings (SSSR count). The summed E-state index contributed by atoms with van der Waals surface area (Å²) in [7, 11) is 0. The molecule has 1 amide bonds. The maximum absolute atomic E-state index is 13.9. The zero-order valence-corrected chi connectivity index (χ0v) is 23.9. The van der Waals surface area contributed by atoms with E-state index >= 15 is 0 Å².